The number of fused-ring (bicyclic) bond motifs is 6. The first-order chi connectivity index (χ1) is 22.1. The van der Waals surface area contributed by atoms with Gasteiger partial charge in [-0.15, -0.1) is 0 Å². The molecule has 0 aliphatic carbocycles. The second-order valence-electron chi connectivity index (χ2n) is 16.1. The molecule has 5 heterocycles. The van der Waals surface area contributed by atoms with Crippen LogP contribution in [0.15, 0.2) is 106 Å². The van der Waals surface area contributed by atoms with Crippen LogP contribution in [0.4, 0.5) is 0 Å². The Morgan fingerprint density at radius 3 is 2.06 bits per heavy atom. The van der Waals surface area contributed by atoms with E-state index in [1.807, 2.05) is 0 Å². The van der Waals surface area contributed by atoms with Gasteiger partial charge < -0.3 is 10.3 Å². The lowest BCUT2D eigenvalue weighted by molar-refractivity contribution is 0.355. The van der Waals surface area contributed by atoms with Gasteiger partial charge in [0, 0.05) is 37.5 Å². The highest BCUT2D eigenvalue weighted by Crippen LogP contribution is 2.38. The fourth-order valence-corrected chi connectivity index (χ4v) is 7.37. The summed E-state index contributed by atoms with van der Waals surface area (Å²) in [4.78, 5) is 14.5. The van der Waals surface area contributed by atoms with Crippen molar-refractivity contribution in [1.29, 1.82) is 0 Å². The molecule has 1 fully saturated rings. The average Bonchev–Trinajstić information content (AvgIpc) is 3.79. The molecule has 4 aliphatic heterocycles. The van der Waals surface area contributed by atoms with Gasteiger partial charge in [0.2, 0.25) is 0 Å². The number of benzene rings is 2. The molecule has 8 bridgehead atoms. The van der Waals surface area contributed by atoms with Gasteiger partial charge in [-0.2, -0.15) is 0 Å². The van der Waals surface area contributed by atoms with Crippen LogP contribution in [0.2, 0.25) is 0 Å². The van der Waals surface area contributed by atoms with E-state index < -0.39 is 0 Å². The van der Waals surface area contributed by atoms with Crippen molar-refractivity contribution in [3.8, 4) is 0 Å². The topological polar surface area (TPSA) is 52.5 Å². The van der Waals surface area contributed by atoms with Gasteiger partial charge in [-0.3, -0.25) is 0 Å². The minimum absolute atomic E-state index is 0.0116. The molecule has 5 heteroatoms. The minimum Gasteiger partial charge on any atom is -0.355 e. The molecule has 3 aromatic rings. The Bertz CT molecular complexity index is 2050. The summed E-state index contributed by atoms with van der Waals surface area (Å²) >= 11 is 2.37. The summed E-state index contributed by atoms with van der Waals surface area (Å²) in [6, 6.07) is 20.7. The van der Waals surface area contributed by atoms with E-state index in [2.05, 4.69) is 179 Å². The van der Waals surface area contributed by atoms with Gasteiger partial charge in [0.25, 0.3) is 0 Å². The third-order valence-electron chi connectivity index (χ3n) is 9.83. The fourth-order valence-electron chi connectivity index (χ4n) is 7.01. The standard InChI is InChI=1S/C42H45IN4/c1-40(2,3)27-19-26(20-28(21-27)41(4,5)6)39-34-16-14-31(45-34)23-37-42(7,8)24-32(46-37)22-30-13-15-33(44-30)38(35-17-18-36(39)47-35)25-9-11-29(43)12-10-25/h9-23,32,37,44,46H,24H2,1-8H3/b30-22-,31-23-,38-33?,39-36-. The zero-order chi connectivity index (χ0) is 33.3. The van der Waals surface area contributed by atoms with E-state index >= 15 is 0 Å². The Balaban J connectivity index is 1.53. The van der Waals surface area contributed by atoms with Crippen LogP contribution in [-0.4, -0.2) is 28.5 Å². The zero-order valence-corrected chi connectivity index (χ0v) is 31.0. The van der Waals surface area contributed by atoms with Crippen LogP contribution in [0.25, 0.3) is 17.2 Å². The SMILES string of the molecule is CC(C)(C)c1cc(/C2=C3\C=CC(=N3)C(c3ccc(I)cc3)=c3cc/c([nH]3)=C/C3CC(C)(C)C(/C=C4/C=CC2=N4)N3)cc(C(C)(C)C)c1. The molecule has 2 atom stereocenters. The highest BCUT2D eigenvalue weighted by molar-refractivity contribution is 14.1. The van der Waals surface area contributed by atoms with Gasteiger partial charge >= 0.3 is 0 Å². The molecular formula is C42H45IN4. The summed E-state index contributed by atoms with van der Waals surface area (Å²) in [5.74, 6) is 0. The summed E-state index contributed by atoms with van der Waals surface area (Å²) in [5, 5.41) is 6.08. The summed E-state index contributed by atoms with van der Waals surface area (Å²) in [6.45, 7) is 18.5. The molecule has 2 N–H and O–H groups in total. The van der Waals surface area contributed by atoms with Crippen LogP contribution in [0.1, 0.15) is 84.1 Å². The van der Waals surface area contributed by atoms with Gasteiger partial charge in [0.05, 0.1) is 22.8 Å². The first kappa shape index (κ1) is 32.0. The molecular weight excluding hydrogens is 687 g/mol. The lowest BCUT2D eigenvalue weighted by atomic mass is 9.78. The molecule has 0 spiro atoms. The number of hydrogen-bond acceptors (Lipinski definition) is 3. The first-order valence-corrected chi connectivity index (χ1v) is 17.8. The number of halogens is 1. The Kier molecular flexibility index (Phi) is 7.87. The number of hydrogen-bond donors (Lipinski definition) is 2. The van der Waals surface area contributed by atoms with Crippen molar-refractivity contribution in [2.45, 2.75) is 84.7 Å². The van der Waals surface area contributed by atoms with Crippen LogP contribution in [0, 0.1) is 8.99 Å². The molecule has 240 valence electrons. The number of rotatable bonds is 2. The Morgan fingerprint density at radius 1 is 0.723 bits per heavy atom. The average molecular weight is 733 g/mol. The van der Waals surface area contributed by atoms with Crippen molar-refractivity contribution in [3.05, 3.63) is 133 Å². The number of nitrogens with one attached hydrogen (secondary N) is 2. The predicted molar refractivity (Wildman–Crippen MR) is 207 cm³/mol. The summed E-state index contributed by atoms with van der Waals surface area (Å²) < 4.78 is 1.21. The van der Waals surface area contributed by atoms with Crippen LogP contribution >= 0.6 is 22.6 Å². The van der Waals surface area contributed by atoms with Crippen LogP contribution in [0.5, 0.6) is 0 Å². The van der Waals surface area contributed by atoms with Gasteiger partial charge in [-0.1, -0.05) is 85.7 Å². The van der Waals surface area contributed by atoms with E-state index in [1.54, 1.807) is 0 Å². The highest BCUT2D eigenvalue weighted by Gasteiger charge is 2.38. The maximum Gasteiger partial charge on any atom is 0.0738 e. The lowest BCUT2D eigenvalue weighted by Crippen LogP contribution is -2.33. The monoisotopic (exact) mass is 732 g/mol. The molecule has 7 rings (SSSR count). The maximum atomic E-state index is 5.42. The quantitative estimate of drug-likeness (QED) is 0.256. The van der Waals surface area contributed by atoms with E-state index in [1.165, 1.54) is 14.7 Å². The van der Waals surface area contributed by atoms with E-state index in [9.17, 15) is 0 Å². The first-order valence-electron chi connectivity index (χ1n) is 16.7. The second kappa shape index (κ2) is 11.6. The van der Waals surface area contributed by atoms with Gasteiger partial charge in [-0.25, -0.2) is 9.98 Å². The van der Waals surface area contributed by atoms with Crippen LogP contribution < -0.4 is 16.0 Å². The smallest absolute Gasteiger partial charge is 0.0738 e. The molecule has 47 heavy (non-hydrogen) atoms. The summed E-state index contributed by atoms with van der Waals surface area (Å²) in [5.41, 5.74) is 11.0. The summed E-state index contributed by atoms with van der Waals surface area (Å²) in [6.07, 6.45) is 14.4. The summed E-state index contributed by atoms with van der Waals surface area (Å²) in [7, 11) is 0. The molecule has 4 aliphatic rings. The number of aromatic nitrogens is 1. The molecule has 4 nitrogen and oxygen atoms in total. The third kappa shape index (κ3) is 6.37. The number of allylic oxidation sites excluding steroid dienone is 5. The predicted octanol–water partition coefficient (Wildman–Crippen LogP) is 8.28. The zero-order valence-electron chi connectivity index (χ0n) is 28.8. The molecule has 0 radical (unpaired) electrons. The Hall–Kier alpha value is -3.55. The molecule has 2 unspecified atom stereocenters. The number of H-pyrrole nitrogens is 1. The van der Waals surface area contributed by atoms with E-state index in [0.717, 1.165) is 62.2 Å². The largest absolute Gasteiger partial charge is 0.355 e. The van der Waals surface area contributed by atoms with Crippen LogP contribution in [0.3, 0.4) is 0 Å². The van der Waals surface area contributed by atoms with Crippen molar-refractivity contribution in [2.75, 3.05) is 0 Å². The molecule has 0 amide bonds. The lowest BCUT2D eigenvalue weighted by Gasteiger charge is -2.27. The van der Waals surface area contributed by atoms with E-state index in [4.69, 9.17) is 9.98 Å². The Morgan fingerprint density at radius 2 is 1.38 bits per heavy atom. The number of aliphatic imine (C=N–C) groups is 2. The van der Waals surface area contributed by atoms with Crippen molar-refractivity contribution in [3.63, 3.8) is 0 Å². The highest BCUT2D eigenvalue weighted by atomic mass is 127. The van der Waals surface area contributed by atoms with Crippen molar-refractivity contribution in [2.24, 2.45) is 15.4 Å². The van der Waals surface area contributed by atoms with E-state index in [-0.39, 0.29) is 28.3 Å². The van der Waals surface area contributed by atoms with Crippen LogP contribution in [-0.2, 0) is 10.8 Å². The van der Waals surface area contributed by atoms with Gasteiger partial charge in [-0.05, 0) is 128 Å². The normalized spacial score (nSPS) is 25.3. The van der Waals surface area contributed by atoms with Gasteiger partial charge in [0.15, 0.2) is 0 Å². The molecule has 0 saturated carbocycles. The van der Waals surface area contributed by atoms with E-state index in [0.29, 0.717) is 0 Å². The maximum absolute atomic E-state index is 5.42. The Labute approximate surface area is 293 Å². The minimum atomic E-state index is -0.0116. The number of nitrogens with zero attached hydrogens (tertiary/aromatic N) is 2. The molecule has 2 aromatic carbocycles. The molecule has 1 saturated heterocycles. The second-order valence-corrected chi connectivity index (χ2v) is 17.4. The van der Waals surface area contributed by atoms with Crippen molar-refractivity contribution < 1.29 is 0 Å². The van der Waals surface area contributed by atoms with Gasteiger partial charge in [0.1, 0.15) is 0 Å². The van der Waals surface area contributed by atoms with Crippen molar-refractivity contribution in [1.82, 2.24) is 10.3 Å². The molecule has 1 aromatic heterocycles. The number of aromatic amines is 1. The van der Waals surface area contributed by atoms with Crippen molar-refractivity contribution >= 4 is 51.2 Å². The fraction of sp³-hybridized carbons (Fsp3) is 0.333. The third-order valence-corrected chi connectivity index (χ3v) is 10.6.